The van der Waals surface area contributed by atoms with Gasteiger partial charge in [0.2, 0.25) is 5.91 Å². The summed E-state index contributed by atoms with van der Waals surface area (Å²) in [4.78, 5) is 19.0. The number of hydrogen-bond acceptors (Lipinski definition) is 4. The summed E-state index contributed by atoms with van der Waals surface area (Å²) in [7, 11) is 0. The van der Waals surface area contributed by atoms with Crippen molar-refractivity contribution in [1.82, 2.24) is 14.9 Å². The molecule has 0 spiro atoms. The number of rotatable bonds is 6. The van der Waals surface area contributed by atoms with Gasteiger partial charge in [0.15, 0.2) is 0 Å². The summed E-state index contributed by atoms with van der Waals surface area (Å²) < 4.78 is 7.88. The molecule has 0 aliphatic carbocycles. The molecule has 156 valence electrons. The Morgan fingerprint density at radius 2 is 1.81 bits per heavy atom. The van der Waals surface area contributed by atoms with E-state index in [0.717, 1.165) is 34.8 Å². The first-order valence-electron chi connectivity index (χ1n) is 10.4. The lowest BCUT2D eigenvalue weighted by Gasteiger charge is -2.26. The Kier molecular flexibility index (Phi) is 5.63. The number of thioether (sulfide) groups is 1. The van der Waals surface area contributed by atoms with Gasteiger partial charge >= 0.3 is 0 Å². The fraction of sp³-hybridized carbons (Fsp3) is 0.200. The summed E-state index contributed by atoms with van der Waals surface area (Å²) in [5.41, 5.74) is 3.00. The second-order valence-corrected chi connectivity index (χ2v) is 8.64. The van der Waals surface area contributed by atoms with Crippen molar-refractivity contribution in [1.29, 1.82) is 0 Å². The maximum absolute atomic E-state index is 13.1. The highest BCUT2D eigenvalue weighted by Crippen LogP contribution is 2.35. The Morgan fingerprint density at radius 3 is 2.71 bits per heavy atom. The van der Waals surface area contributed by atoms with Crippen LogP contribution in [0.15, 0.2) is 83.8 Å². The Balaban J connectivity index is 1.36. The van der Waals surface area contributed by atoms with Gasteiger partial charge in [-0.15, -0.1) is 11.8 Å². The van der Waals surface area contributed by atoms with Crippen LogP contribution in [0.25, 0.3) is 11.0 Å². The van der Waals surface area contributed by atoms with E-state index in [1.807, 2.05) is 83.1 Å². The van der Waals surface area contributed by atoms with Crippen molar-refractivity contribution >= 4 is 28.7 Å². The number of aromatic nitrogens is 2. The molecule has 1 N–H and O–H groups in total. The fourth-order valence-corrected chi connectivity index (χ4v) is 5.08. The average molecular weight is 430 g/mol. The number of imidazole rings is 1. The zero-order chi connectivity index (χ0) is 21.0. The van der Waals surface area contributed by atoms with Gasteiger partial charge < -0.3 is 14.6 Å². The van der Waals surface area contributed by atoms with E-state index in [2.05, 4.69) is 17.4 Å². The molecule has 2 heterocycles. The second kappa shape index (κ2) is 8.86. The summed E-state index contributed by atoms with van der Waals surface area (Å²) in [6, 6.07) is 25.9. The van der Waals surface area contributed by atoms with Crippen LogP contribution in [0, 0.1) is 0 Å². The quantitative estimate of drug-likeness (QED) is 0.470. The van der Waals surface area contributed by atoms with Crippen LogP contribution < -0.4 is 10.1 Å². The monoisotopic (exact) mass is 429 g/mol. The highest BCUT2D eigenvalue weighted by atomic mass is 32.2. The Morgan fingerprint density at radius 1 is 1.03 bits per heavy atom. The minimum Gasteiger partial charge on any atom is -0.486 e. The van der Waals surface area contributed by atoms with Crippen molar-refractivity contribution in [2.24, 2.45) is 0 Å². The minimum atomic E-state index is -0.0178. The van der Waals surface area contributed by atoms with Crippen LogP contribution in [0.3, 0.4) is 0 Å². The van der Waals surface area contributed by atoms with Crippen LogP contribution in [0.5, 0.6) is 5.75 Å². The molecule has 5 rings (SSSR count). The molecule has 1 aliphatic heterocycles. The molecular weight excluding hydrogens is 406 g/mol. The van der Waals surface area contributed by atoms with Gasteiger partial charge in [-0.1, -0.05) is 48.5 Å². The van der Waals surface area contributed by atoms with Crippen LogP contribution >= 0.6 is 11.8 Å². The van der Waals surface area contributed by atoms with Gasteiger partial charge in [0.1, 0.15) is 24.7 Å². The molecule has 3 aromatic carbocycles. The lowest BCUT2D eigenvalue weighted by molar-refractivity contribution is -0.122. The molecule has 0 radical (unpaired) electrons. The van der Waals surface area contributed by atoms with Gasteiger partial charge in [-0.2, -0.15) is 0 Å². The first-order valence-corrected chi connectivity index (χ1v) is 11.4. The number of nitrogens with zero attached hydrogens (tertiary/aromatic N) is 2. The first kappa shape index (κ1) is 19.7. The highest BCUT2D eigenvalue weighted by molar-refractivity contribution is 7.99. The normalized spacial score (nSPS) is 15.4. The number of ether oxygens (including phenoxy) is 1. The van der Waals surface area contributed by atoms with E-state index in [1.54, 1.807) is 0 Å². The number of carbonyl (C=O) groups excluding carboxylic acids is 1. The molecule has 31 heavy (non-hydrogen) atoms. The molecule has 4 aromatic rings. The van der Waals surface area contributed by atoms with E-state index in [0.29, 0.717) is 6.61 Å². The van der Waals surface area contributed by atoms with Crippen molar-refractivity contribution < 1.29 is 9.53 Å². The van der Waals surface area contributed by atoms with Gasteiger partial charge in [-0.25, -0.2) is 4.98 Å². The average Bonchev–Trinajstić information content (AvgIpc) is 3.16. The first-order chi connectivity index (χ1) is 15.3. The second-order valence-electron chi connectivity index (χ2n) is 7.50. The van der Waals surface area contributed by atoms with Crippen molar-refractivity contribution in [3.63, 3.8) is 0 Å². The Hall–Kier alpha value is -3.25. The maximum Gasteiger partial charge on any atom is 0.240 e. The molecule has 1 aliphatic rings. The van der Waals surface area contributed by atoms with Crippen LogP contribution in [0.4, 0.5) is 0 Å². The van der Waals surface area contributed by atoms with Gasteiger partial charge in [-0.05, 0) is 42.3 Å². The predicted molar refractivity (Wildman–Crippen MR) is 123 cm³/mol. The van der Waals surface area contributed by atoms with E-state index >= 15 is 0 Å². The van der Waals surface area contributed by atoms with Gasteiger partial charge in [0, 0.05) is 10.6 Å². The SMILES string of the molecule is O=C(Cn1c(COc2ccccc2)nc2ccccc21)N[C@H]1CCSc2ccccc21. The molecule has 0 bridgehead atoms. The third-order valence-corrected chi connectivity index (χ3v) is 6.56. The van der Waals surface area contributed by atoms with Crippen LogP contribution in [-0.2, 0) is 17.9 Å². The molecule has 6 heteroatoms. The van der Waals surface area contributed by atoms with Crippen LogP contribution in [0.1, 0.15) is 23.9 Å². The summed E-state index contributed by atoms with van der Waals surface area (Å²) in [5.74, 6) is 2.50. The number of para-hydroxylation sites is 3. The largest absolute Gasteiger partial charge is 0.486 e. The predicted octanol–water partition coefficient (Wildman–Crippen LogP) is 4.97. The minimum absolute atomic E-state index is 0.0178. The molecular formula is C25H23N3O2S. The standard InChI is InChI=1S/C25H23N3O2S/c29-25(27-20-14-15-31-23-13-7-4-10-19(20)23)16-28-22-12-6-5-11-21(22)26-24(28)17-30-18-8-2-1-3-9-18/h1-13,20H,14-17H2,(H,27,29)/t20-/m0/s1. The zero-order valence-corrected chi connectivity index (χ0v) is 17.8. The van der Waals surface area contributed by atoms with E-state index in [-0.39, 0.29) is 18.5 Å². The topological polar surface area (TPSA) is 56.2 Å². The number of hydrogen-bond donors (Lipinski definition) is 1. The van der Waals surface area contributed by atoms with Gasteiger partial charge in [-0.3, -0.25) is 4.79 Å². The van der Waals surface area contributed by atoms with Crippen LogP contribution in [0.2, 0.25) is 0 Å². The number of amides is 1. The molecule has 5 nitrogen and oxygen atoms in total. The van der Waals surface area contributed by atoms with Crippen LogP contribution in [-0.4, -0.2) is 21.2 Å². The number of fused-ring (bicyclic) bond motifs is 2. The van der Waals surface area contributed by atoms with Crippen molar-refractivity contribution in [3.8, 4) is 5.75 Å². The maximum atomic E-state index is 13.1. The number of nitrogens with one attached hydrogen (secondary N) is 1. The third kappa shape index (κ3) is 4.30. The van der Waals surface area contributed by atoms with E-state index in [1.165, 1.54) is 10.5 Å². The summed E-state index contributed by atoms with van der Waals surface area (Å²) in [6.45, 7) is 0.509. The number of carbonyl (C=O) groups is 1. The Bertz CT molecular complexity index is 1210. The zero-order valence-electron chi connectivity index (χ0n) is 17.0. The van der Waals surface area contributed by atoms with Gasteiger partial charge in [0.25, 0.3) is 0 Å². The Labute approximate surface area is 185 Å². The van der Waals surface area contributed by atoms with E-state index in [9.17, 15) is 4.79 Å². The highest BCUT2D eigenvalue weighted by Gasteiger charge is 2.23. The molecule has 0 saturated carbocycles. The molecule has 1 atom stereocenters. The lowest BCUT2D eigenvalue weighted by Crippen LogP contribution is -2.33. The fourth-order valence-electron chi connectivity index (χ4n) is 3.95. The molecule has 0 unspecified atom stereocenters. The molecule has 0 saturated heterocycles. The smallest absolute Gasteiger partial charge is 0.240 e. The van der Waals surface area contributed by atoms with Crippen molar-refractivity contribution in [2.75, 3.05) is 5.75 Å². The third-order valence-electron chi connectivity index (χ3n) is 5.44. The van der Waals surface area contributed by atoms with E-state index in [4.69, 9.17) is 9.72 Å². The molecule has 1 amide bonds. The van der Waals surface area contributed by atoms with Crippen molar-refractivity contribution in [3.05, 3.63) is 90.3 Å². The van der Waals surface area contributed by atoms with Crippen molar-refractivity contribution in [2.45, 2.75) is 30.5 Å². The lowest BCUT2D eigenvalue weighted by atomic mass is 10.0. The molecule has 0 fully saturated rings. The molecule has 1 aromatic heterocycles. The van der Waals surface area contributed by atoms with E-state index < -0.39 is 0 Å². The number of benzene rings is 3. The van der Waals surface area contributed by atoms with Gasteiger partial charge in [0.05, 0.1) is 17.1 Å². The summed E-state index contributed by atoms with van der Waals surface area (Å²) >= 11 is 1.85. The summed E-state index contributed by atoms with van der Waals surface area (Å²) in [6.07, 6.45) is 0.933. The summed E-state index contributed by atoms with van der Waals surface area (Å²) in [5, 5.41) is 3.24.